The average Bonchev–Trinajstić information content (AvgIpc) is 2.95. The van der Waals surface area contributed by atoms with Crippen LogP contribution in [0.2, 0.25) is 0 Å². The van der Waals surface area contributed by atoms with Gasteiger partial charge in [-0.15, -0.1) is 0 Å². The highest BCUT2D eigenvalue weighted by atomic mass is 19.1. The summed E-state index contributed by atoms with van der Waals surface area (Å²) in [6, 6.07) is 5.42. The van der Waals surface area contributed by atoms with Crippen LogP contribution < -0.4 is 10.6 Å². The van der Waals surface area contributed by atoms with E-state index in [-0.39, 0.29) is 35.2 Å². The van der Waals surface area contributed by atoms with E-state index in [4.69, 9.17) is 0 Å². The highest BCUT2D eigenvalue weighted by molar-refractivity contribution is 6.27. The van der Waals surface area contributed by atoms with Crippen molar-refractivity contribution in [3.8, 4) is 0 Å². The molecule has 0 radical (unpaired) electrons. The molecule has 3 heterocycles. The third kappa shape index (κ3) is 3.14. The van der Waals surface area contributed by atoms with E-state index in [1.165, 1.54) is 24.3 Å². The molecule has 1 aromatic carbocycles. The Morgan fingerprint density at radius 1 is 1.14 bits per heavy atom. The summed E-state index contributed by atoms with van der Waals surface area (Å²) in [5, 5.41) is 4.59. The van der Waals surface area contributed by atoms with Crippen LogP contribution in [0.3, 0.4) is 0 Å². The molecule has 1 fully saturated rings. The Morgan fingerprint density at radius 2 is 1.93 bits per heavy atom. The number of anilines is 1. The summed E-state index contributed by atoms with van der Waals surface area (Å²) in [5.41, 5.74) is -0.00729. The van der Waals surface area contributed by atoms with Crippen molar-refractivity contribution in [2.24, 2.45) is 0 Å². The van der Waals surface area contributed by atoms with Gasteiger partial charge in [0.2, 0.25) is 17.8 Å². The number of carbonyl (C=O) groups is 5. The van der Waals surface area contributed by atoms with Gasteiger partial charge < -0.3 is 5.32 Å². The van der Waals surface area contributed by atoms with Crippen molar-refractivity contribution in [1.29, 1.82) is 0 Å². The summed E-state index contributed by atoms with van der Waals surface area (Å²) in [5.74, 6) is -4.12. The molecule has 146 valence electrons. The quantitative estimate of drug-likeness (QED) is 0.586. The molecule has 4 rings (SSSR count). The molecule has 0 bridgehead atoms. The minimum Gasteiger partial charge on any atom is -0.321 e. The second-order valence-electron chi connectivity index (χ2n) is 6.50. The van der Waals surface area contributed by atoms with Crippen molar-refractivity contribution in [3.63, 3.8) is 0 Å². The highest BCUT2D eigenvalue weighted by Crippen LogP contribution is 2.30. The zero-order chi connectivity index (χ0) is 20.7. The molecule has 0 aliphatic carbocycles. The van der Waals surface area contributed by atoms with Crippen LogP contribution in [0.4, 0.5) is 10.1 Å². The number of piperidine rings is 1. The Labute approximate surface area is 162 Å². The summed E-state index contributed by atoms with van der Waals surface area (Å²) in [6.45, 7) is 0. The predicted molar refractivity (Wildman–Crippen MR) is 95.3 cm³/mol. The second kappa shape index (κ2) is 6.89. The maximum absolute atomic E-state index is 13.0. The van der Waals surface area contributed by atoms with Crippen LogP contribution in [-0.4, -0.2) is 45.5 Å². The maximum Gasteiger partial charge on any atom is 0.263 e. The molecule has 29 heavy (non-hydrogen) atoms. The molecule has 1 atom stereocenters. The topological polar surface area (TPSA) is 126 Å². The van der Waals surface area contributed by atoms with Crippen molar-refractivity contribution >= 4 is 35.2 Å². The van der Waals surface area contributed by atoms with Crippen LogP contribution in [0.1, 0.15) is 43.9 Å². The normalized spacial score (nSPS) is 18.5. The lowest BCUT2D eigenvalue weighted by molar-refractivity contribution is -0.136. The summed E-state index contributed by atoms with van der Waals surface area (Å²) in [7, 11) is 0. The van der Waals surface area contributed by atoms with E-state index in [1.807, 2.05) is 0 Å². The zero-order valence-electron chi connectivity index (χ0n) is 14.8. The summed E-state index contributed by atoms with van der Waals surface area (Å²) < 4.78 is 12.9. The predicted octanol–water partition coefficient (Wildman–Crippen LogP) is 0.874. The van der Waals surface area contributed by atoms with Gasteiger partial charge in [-0.1, -0.05) is 6.07 Å². The fourth-order valence-corrected chi connectivity index (χ4v) is 3.35. The number of rotatable bonds is 3. The maximum atomic E-state index is 13.0. The van der Waals surface area contributed by atoms with E-state index >= 15 is 0 Å². The van der Waals surface area contributed by atoms with Gasteiger partial charge in [-0.25, -0.2) is 4.98 Å². The van der Waals surface area contributed by atoms with Gasteiger partial charge in [-0.05, 0) is 30.7 Å². The van der Waals surface area contributed by atoms with Crippen LogP contribution in [0.25, 0.3) is 0 Å². The van der Waals surface area contributed by atoms with Gasteiger partial charge in [0, 0.05) is 6.42 Å². The first kappa shape index (κ1) is 18.4. The monoisotopic (exact) mass is 396 g/mol. The molecule has 10 heteroatoms. The number of hydrogen-bond donors (Lipinski definition) is 2. The number of aromatic nitrogens is 1. The Bertz CT molecular complexity index is 1080. The van der Waals surface area contributed by atoms with Crippen LogP contribution in [0, 0.1) is 5.95 Å². The first-order valence-corrected chi connectivity index (χ1v) is 8.64. The molecule has 0 spiro atoms. The largest absolute Gasteiger partial charge is 0.321 e. The Hall–Kier alpha value is -3.95. The molecule has 2 aliphatic rings. The molecule has 2 aromatic rings. The number of halogens is 1. The molecular formula is C19H13FN4O5. The van der Waals surface area contributed by atoms with Gasteiger partial charge in [-0.3, -0.25) is 34.2 Å². The number of nitrogens with zero attached hydrogens (tertiary/aromatic N) is 2. The fourth-order valence-electron chi connectivity index (χ4n) is 3.35. The zero-order valence-corrected chi connectivity index (χ0v) is 14.8. The Kier molecular flexibility index (Phi) is 4.38. The number of nitrogens with one attached hydrogen (secondary N) is 2. The van der Waals surface area contributed by atoms with Gasteiger partial charge in [0.1, 0.15) is 6.04 Å². The number of imide groups is 2. The Balaban J connectivity index is 1.65. The molecule has 1 aromatic heterocycles. The SMILES string of the molecule is O=C1CCC(N2C(=O)c3cccc(C(=O)Nc4ccc(F)nc4)c3C2=O)C(=O)N1. The van der Waals surface area contributed by atoms with E-state index in [1.54, 1.807) is 0 Å². The van der Waals surface area contributed by atoms with Gasteiger partial charge in [-0.2, -0.15) is 4.39 Å². The van der Waals surface area contributed by atoms with Crippen molar-refractivity contribution < 1.29 is 28.4 Å². The van der Waals surface area contributed by atoms with Gasteiger partial charge in [0.25, 0.3) is 17.7 Å². The number of pyridine rings is 1. The smallest absolute Gasteiger partial charge is 0.263 e. The van der Waals surface area contributed by atoms with Gasteiger partial charge in [0.05, 0.1) is 28.6 Å². The molecule has 2 N–H and O–H groups in total. The van der Waals surface area contributed by atoms with Gasteiger partial charge in [0.15, 0.2) is 0 Å². The average molecular weight is 396 g/mol. The molecule has 0 saturated carbocycles. The molecular weight excluding hydrogens is 383 g/mol. The number of amides is 5. The van der Waals surface area contributed by atoms with E-state index in [9.17, 15) is 28.4 Å². The van der Waals surface area contributed by atoms with E-state index in [0.29, 0.717) is 0 Å². The lowest BCUT2D eigenvalue weighted by Gasteiger charge is -2.27. The van der Waals surface area contributed by atoms with Crippen LogP contribution >= 0.6 is 0 Å². The first-order valence-electron chi connectivity index (χ1n) is 8.64. The third-order valence-electron chi connectivity index (χ3n) is 4.70. The summed E-state index contributed by atoms with van der Waals surface area (Å²) in [6.07, 6.45) is 1.12. The van der Waals surface area contributed by atoms with E-state index < -0.39 is 41.5 Å². The van der Waals surface area contributed by atoms with E-state index in [2.05, 4.69) is 15.6 Å². The van der Waals surface area contributed by atoms with Crippen LogP contribution in [-0.2, 0) is 9.59 Å². The highest BCUT2D eigenvalue weighted by Gasteiger charge is 2.46. The molecule has 5 amide bonds. The number of fused-ring (bicyclic) bond motifs is 1. The molecule has 1 saturated heterocycles. The Morgan fingerprint density at radius 3 is 2.62 bits per heavy atom. The third-order valence-corrected chi connectivity index (χ3v) is 4.70. The first-order chi connectivity index (χ1) is 13.9. The van der Waals surface area contributed by atoms with E-state index in [0.717, 1.165) is 17.2 Å². The summed E-state index contributed by atoms with van der Waals surface area (Å²) in [4.78, 5) is 66.1. The number of benzene rings is 1. The standard InChI is InChI=1S/C19H13FN4O5/c20-13-6-4-9(8-21-13)22-16(26)10-2-1-3-11-15(10)19(29)24(18(11)28)12-5-7-14(25)23-17(12)27/h1-4,6,8,12H,5,7H2,(H,22,26)(H,23,25,27). The van der Waals surface area contributed by atoms with Crippen LogP contribution in [0.15, 0.2) is 36.5 Å². The van der Waals surface area contributed by atoms with Crippen molar-refractivity contribution in [3.05, 3.63) is 59.2 Å². The molecule has 9 nitrogen and oxygen atoms in total. The van der Waals surface area contributed by atoms with Gasteiger partial charge >= 0.3 is 0 Å². The number of hydrogen-bond acceptors (Lipinski definition) is 6. The fraction of sp³-hybridized carbons (Fsp3) is 0.158. The second-order valence-corrected chi connectivity index (χ2v) is 6.50. The van der Waals surface area contributed by atoms with Crippen molar-refractivity contribution in [1.82, 2.24) is 15.2 Å². The molecule has 1 unspecified atom stereocenters. The minimum absolute atomic E-state index is 0.00524. The lowest BCUT2D eigenvalue weighted by Crippen LogP contribution is -2.54. The minimum atomic E-state index is -1.13. The lowest BCUT2D eigenvalue weighted by atomic mass is 10.0. The summed E-state index contributed by atoms with van der Waals surface area (Å²) >= 11 is 0. The van der Waals surface area contributed by atoms with Crippen molar-refractivity contribution in [2.45, 2.75) is 18.9 Å². The molecule has 2 aliphatic heterocycles. The number of carbonyl (C=O) groups excluding carboxylic acids is 5. The van der Waals surface area contributed by atoms with Crippen LogP contribution in [0.5, 0.6) is 0 Å². The van der Waals surface area contributed by atoms with Crippen molar-refractivity contribution in [2.75, 3.05) is 5.32 Å².